The third-order valence-electron chi connectivity index (χ3n) is 1.96. The van der Waals surface area contributed by atoms with Gasteiger partial charge < -0.3 is 10.6 Å². The fraction of sp³-hybridized carbons (Fsp3) is 0.300. The maximum absolute atomic E-state index is 11.4. The van der Waals surface area contributed by atoms with Crippen LogP contribution in [0.15, 0.2) is 18.2 Å². The van der Waals surface area contributed by atoms with Crippen molar-refractivity contribution in [2.45, 2.75) is 6.92 Å². The van der Waals surface area contributed by atoms with E-state index in [0.29, 0.717) is 12.2 Å². The number of hydrogen-bond acceptors (Lipinski definition) is 4. The monoisotopic (exact) mass is 257 g/mol. The molecule has 0 aromatic heterocycles. The van der Waals surface area contributed by atoms with Crippen molar-refractivity contribution in [1.29, 1.82) is 0 Å². The molecule has 0 saturated carbocycles. The van der Waals surface area contributed by atoms with Crippen molar-refractivity contribution in [3.05, 3.63) is 33.3 Å². The number of nitro benzene ring substituents is 1. The van der Waals surface area contributed by atoms with Crippen molar-refractivity contribution >= 4 is 28.9 Å². The molecule has 0 spiro atoms. The lowest BCUT2D eigenvalue weighted by Crippen LogP contribution is -2.27. The fourth-order valence-corrected chi connectivity index (χ4v) is 1.43. The quantitative estimate of drug-likeness (QED) is 0.622. The first-order valence-corrected chi connectivity index (χ1v) is 5.37. The molecule has 17 heavy (non-hydrogen) atoms. The largest absolute Gasteiger partial charge is 0.325 e. The number of rotatable bonds is 5. The van der Waals surface area contributed by atoms with Gasteiger partial charge in [-0.15, -0.1) is 0 Å². The number of nitrogens with one attached hydrogen (secondary N) is 2. The molecule has 0 heterocycles. The molecule has 2 N–H and O–H groups in total. The Morgan fingerprint density at radius 1 is 1.53 bits per heavy atom. The predicted octanol–water partition coefficient (Wildman–Crippen LogP) is 1.80. The van der Waals surface area contributed by atoms with Gasteiger partial charge in [-0.3, -0.25) is 14.9 Å². The lowest BCUT2D eigenvalue weighted by Gasteiger charge is -2.05. The van der Waals surface area contributed by atoms with E-state index >= 15 is 0 Å². The van der Waals surface area contributed by atoms with Crippen molar-refractivity contribution in [2.75, 3.05) is 18.4 Å². The van der Waals surface area contributed by atoms with Gasteiger partial charge in [-0.25, -0.2) is 0 Å². The number of nitrogens with zero attached hydrogens (tertiary/aromatic N) is 1. The molecule has 0 fully saturated rings. The second-order valence-corrected chi connectivity index (χ2v) is 3.66. The number of amides is 1. The lowest BCUT2D eigenvalue weighted by atomic mass is 10.3. The zero-order chi connectivity index (χ0) is 12.8. The van der Waals surface area contributed by atoms with Gasteiger partial charge in [0, 0.05) is 11.8 Å². The molecule has 0 saturated heterocycles. The molecule has 0 radical (unpaired) electrons. The zero-order valence-electron chi connectivity index (χ0n) is 9.20. The van der Waals surface area contributed by atoms with Crippen LogP contribution >= 0.6 is 11.6 Å². The van der Waals surface area contributed by atoms with Crippen molar-refractivity contribution in [2.24, 2.45) is 0 Å². The number of halogens is 1. The minimum Gasteiger partial charge on any atom is -0.325 e. The van der Waals surface area contributed by atoms with Crippen molar-refractivity contribution in [1.82, 2.24) is 5.32 Å². The van der Waals surface area contributed by atoms with Crippen molar-refractivity contribution in [3.8, 4) is 0 Å². The van der Waals surface area contributed by atoms with E-state index in [1.165, 1.54) is 18.2 Å². The Balaban J connectivity index is 2.70. The number of carbonyl (C=O) groups is 1. The SMILES string of the molecule is CCNCC(=O)Nc1ccc([N+](=O)[O-])c(Cl)c1. The van der Waals surface area contributed by atoms with Crippen LogP contribution in [0.5, 0.6) is 0 Å². The van der Waals surface area contributed by atoms with Gasteiger partial charge in [0.15, 0.2) is 0 Å². The third-order valence-corrected chi connectivity index (χ3v) is 2.27. The van der Waals surface area contributed by atoms with Crippen molar-refractivity contribution in [3.63, 3.8) is 0 Å². The van der Waals surface area contributed by atoms with Crippen LogP contribution in [-0.2, 0) is 4.79 Å². The molecule has 1 amide bonds. The van der Waals surface area contributed by atoms with E-state index < -0.39 is 4.92 Å². The van der Waals surface area contributed by atoms with E-state index in [9.17, 15) is 14.9 Å². The molecule has 0 aliphatic rings. The third kappa shape index (κ3) is 4.01. The Hall–Kier alpha value is -1.66. The summed E-state index contributed by atoms with van der Waals surface area (Å²) in [6.45, 7) is 2.76. The standard InChI is InChI=1S/C10H12ClN3O3/c1-2-12-6-10(15)13-7-3-4-9(14(16)17)8(11)5-7/h3-5,12H,2,6H2,1H3,(H,13,15). The molecule has 1 rings (SSSR count). The van der Waals surface area contributed by atoms with E-state index in [0.717, 1.165) is 0 Å². The first-order valence-electron chi connectivity index (χ1n) is 4.99. The van der Waals surface area contributed by atoms with Crippen LogP contribution in [0.1, 0.15) is 6.92 Å². The average molecular weight is 258 g/mol. The van der Waals surface area contributed by atoms with Crippen LogP contribution in [0, 0.1) is 10.1 Å². The number of likely N-dealkylation sites (N-methyl/N-ethyl adjacent to an activating group) is 1. The normalized spacial score (nSPS) is 10.0. The van der Waals surface area contributed by atoms with Gasteiger partial charge in [0.25, 0.3) is 5.69 Å². The average Bonchev–Trinajstić information content (AvgIpc) is 2.26. The maximum atomic E-state index is 11.4. The zero-order valence-corrected chi connectivity index (χ0v) is 9.95. The smallest absolute Gasteiger partial charge is 0.288 e. The van der Waals surface area contributed by atoms with Gasteiger partial charge in [-0.2, -0.15) is 0 Å². The molecule has 0 unspecified atom stereocenters. The minimum absolute atomic E-state index is 0.00347. The lowest BCUT2D eigenvalue weighted by molar-refractivity contribution is -0.384. The second kappa shape index (κ2) is 6.17. The summed E-state index contributed by atoms with van der Waals surface area (Å²) in [6, 6.07) is 4.04. The summed E-state index contributed by atoms with van der Waals surface area (Å²) in [6.07, 6.45) is 0. The Labute approximate surface area is 103 Å². The Morgan fingerprint density at radius 3 is 2.76 bits per heavy atom. The summed E-state index contributed by atoms with van der Waals surface area (Å²) in [5.74, 6) is -0.225. The van der Waals surface area contributed by atoms with Gasteiger partial charge in [-0.05, 0) is 18.7 Å². The van der Waals surface area contributed by atoms with Crippen LogP contribution in [0.2, 0.25) is 5.02 Å². The Morgan fingerprint density at radius 2 is 2.24 bits per heavy atom. The van der Waals surface area contributed by atoms with E-state index in [1.807, 2.05) is 6.92 Å². The summed E-state index contributed by atoms with van der Waals surface area (Å²) in [7, 11) is 0. The summed E-state index contributed by atoms with van der Waals surface area (Å²) in [5, 5.41) is 16.0. The number of anilines is 1. The van der Waals surface area contributed by atoms with Gasteiger partial charge in [0.05, 0.1) is 11.5 Å². The topological polar surface area (TPSA) is 84.3 Å². The molecule has 92 valence electrons. The highest BCUT2D eigenvalue weighted by Crippen LogP contribution is 2.26. The first-order chi connectivity index (χ1) is 8.04. The molecule has 7 heteroatoms. The van der Waals surface area contributed by atoms with E-state index in [1.54, 1.807) is 0 Å². The van der Waals surface area contributed by atoms with Gasteiger partial charge in [0.2, 0.25) is 5.91 Å². The molecule has 6 nitrogen and oxygen atoms in total. The Bertz CT molecular complexity index is 437. The van der Waals surface area contributed by atoms with Crippen LogP contribution in [0.4, 0.5) is 11.4 Å². The molecule has 0 aliphatic carbocycles. The molecule has 1 aromatic carbocycles. The van der Waals surface area contributed by atoms with Crippen LogP contribution in [-0.4, -0.2) is 23.9 Å². The highest BCUT2D eigenvalue weighted by Gasteiger charge is 2.12. The molecular weight excluding hydrogens is 246 g/mol. The van der Waals surface area contributed by atoms with E-state index in [2.05, 4.69) is 10.6 Å². The van der Waals surface area contributed by atoms with Gasteiger partial charge in [0.1, 0.15) is 5.02 Å². The van der Waals surface area contributed by atoms with Gasteiger partial charge >= 0.3 is 0 Å². The molecule has 0 bridgehead atoms. The Kier molecular flexibility index (Phi) is 4.86. The van der Waals surface area contributed by atoms with E-state index in [-0.39, 0.29) is 23.2 Å². The second-order valence-electron chi connectivity index (χ2n) is 3.25. The van der Waals surface area contributed by atoms with Crippen LogP contribution in [0.25, 0.3) is 0 Å². The van der Waals surface area contributed by atoms with Crippen LogP contribution in [0.3, 0.4) is 0 Å². The highest BCUT2D eigenvalue weighted by atomic mass is 35.5. The van der Waals surface area contributed by atoms with E-state index in [4.69, 9.17) is 11.6 Å². The summed E-state index contributed by atoms with van der Waals surface area (Å²) in [4.78, 5) is 21.3. The molecule has 0 atom stereocenters. The van der Waals surface area contributed by atoms with Gasteiger partial charge in [-0.1, -0.05) is 18.5 Å². The predicted molar refractivity (Wildman–Crippen MR) is 65.3 cm³/mol. The summed E-state index contributed by atoms with van der Waals surface area (Å²) >= 11 is 5.70. The number of nitro groups is 1. The number of benzene rings is 1. The molecule has 0 aliphatic heterocycles. The summed E-state index contributed by atoms with van der Waals surface area (Å²) < 4.78 is 0. The minimum atomic E-state index is -0.577. The fourth-order valence-electron chi connectivity index (χ4n) is 1.18. The molecular formula is C10H12ClN3O3. The molecule has 1 aromatic rings. The van der Waals surface area contributed by atoms with Crippen molar-refractivity contribution < 1.29 is 9.72 Å². The number of carbonyl (C=O) groups excluding carboxylic acids is 1. The number of hydrogen-bond donors (Lipinski definition) is 2. The maximum Gasteiger partial charge on any atom is 0.288 e. The summed E-state index contributed by atoms with van der Waals surface area (Å²) in [5.41, 5.74) is 0.250. The first kappa shape index (κ1) is 13.4. The van der Waals surface area contributed by atoms with Crippen LogP contribution < -0.4 is 10.6 Å². The highest BCUT2D eigenvalue weighted by molar-refractivity contribution is 6.33.